The molecule has 1 aromatic rings. The zero-order chi connectivity index (χ0) is 7.52. The number of para-hydroxylation sites is 1. The minimum atomic E-state index is 0. The molecule has 1 atom stereocenters. The molecule has 1 heterocycles. The summed E-state index contributed by atoms with van der Waals surface area (Å²) in [5.74, 6) is 0.919. The van der Waals surface area contributed by atoms with E-state index in [-0.39, 0.29) is 23.7 Å². The summed E-state index contributed by atoms with van der Waals surface area (Å²) >= 11 is 0. The minimum Gasteiger partial charge on any atom is -0.491 e. The fourth-order valence-electron chi connectivity index (χ4n) is 0.870. The van der Waals surface area contributed by atoms with E-state index in [1.165, 1.54) is 0 Å². The molecule has 1 saturated heterocycles. The summed E-state index contributed by atoms with van der Waals surface area (Å²) in [6.07, 6.45) is 0.343. The third-order valence-corrected chi connectivity index (χ3v) is 1.58. The van der Waals surface area contributed by atoms with E-state index in [4.69, 9.17) is 9.47 Å². The van der Waals surface area contributed by atoms with Crippen molar-refractivity contribution in [3.8, 4) is 5.75 Å². The average molecular weight is 280 g/mol. The van der Waals surface area contributed by atoms with Crippen LogP contribution in [0.3, 0.4) is 0 Å². The van der Waals surface area contributed by atoms with Crippen LogP contribution in [0, 0.1) is 0 Å². The molecule has 1 aromatic carbocycles. The molecule has 66 valence electrons. The first-order chi connectivity index (χ1) is 5.45. The van der Waals surface area contributed by atoms with Gasteiger partial charge < -0.3 is 9.47 Å². The van der Waals surface area contributed by atoms with Gasteiger partial charge in [0.1, 0.15) is 18.5 Å². The van der Waals surface area contributed by atoms with Gasteiger partial charge in [0.05, 0.1) is 6.61 Å². The number of epoxide rings is 1. The van der Waals surface area contributed by atoms with Gasteiger partial charge in [0.2, 0.25) is 0 Å². The minimum absolute atomic E-state index is 0. The SMILES string of the molecule is [TeH2].c1ccc(OCC2CO2)cc1. The molecular formula is C9H12O2Te. The van der Waals surface area contributed by atoms with Crippen LogP contribution in [-0.4, -0.2) is 43.0 Å². The van der Waals surface area contributed by atoms with Gasteiger partial charge in [0, 0.05) is 0 Å². The summed E-state index contributed by atoms with van der Waals surface area (Å²) in [6.45, 7) is 1.54. The maximum absolute atomic E-state index is 5.40. The molecule has 0 saturated carbocycles. The van der Waals surface area contributed by atoms with E-state index in [2.05, 4.69) is 0 Å². The molecule has 0 bridgehead atoms. The molecule has 1 unspecified atom stereocenters. The van der Waals surface area contributed by atoms with Crippen LogP contribution in [0.5, 0.6) is 5.75 Å². The molecule has 0 N–H and O–H groups in total. The van der Waals surface area contributed by atoms with Crippen LogP contribution in [-0.2, 0) is 4.74 Å². The number of hydrogen-bond donors (Lipinski definition) is 0. The predicted octanol–water partition coefficient (Wildman–Crippen LogP) is 0.548. The second-order valence-corrected chi connectivity index (χ2v) is 2.58. The van der Waals surface area contributed by atoms with Crippen molar-refractivity contribution in [3.05, 3.63) is 30.3 Å². The van der Waals surface area contributed by atoms with Crippen LogP contribution in [0.15, 0.2) is 30.3 Å². The zero-order valence-corrected chi connectivity index (χ0v) is 9.55. The Labute approximate surface area is 88.6 Å². The van der Waals surface area contributed by atoms with Gasteiger partial charge in [-0.3, -0.25) is 0 Å². The molecule has 0 aliphatic carbocycles. The van der Waals surface area contributed by atoms with Crippen LogP contribution in [0.25, 0.3) is 0 Å². The van der Waals surface area contributed by atoms with Crippen LogP contribution in [0.1, 0.15) is 0 Å². The van der Waals surface area contributed by atoms with E-state index in [0.717, 1.165) is 12.4 Å². The summed E-state index contributed by atoms with van der Waals surface area (Å²) in [4.78, 5) is 0. The van der Waals surface area contributed by atoms with Crippen molar-refractivity contribution in [3.63, 3.8) is 0 Å². The monoisotopic (exact) mass is 282 g/mol. The molecule has 0 aromatic heterocycles. The molecule has 3 heteroatoms. The Hall–Kier alpha value is -0.230. The first-order valence-corrected chi connectivity index (χ1v) is 3.74. The van der Waals surface area contributed by atoms with E-state index in [9.17, 15) is 0 Å². The Morgan fingerprint density at radius 3 is 2.58 bits per heavy atom. The van der Waals surface area contributed by atoms with Crippen LogP contribution in [0.2, 0.25) is 0 Å². The van der Waals surface area contributed by atoms with Gasteiger partial charge in [-0.2, -0.15) is 0 Å². The Bertz CT molecular complexity index is 221. The van der Waals surface area contributed by atoms with Crippen molar-refractivity contribution in [1.29, 1.82) is 0 Å². The summed E-state index contributed by atoms with van der Waals surface area (Å²) in [5, 5.41) is 0. The Morgan fingerprint density at radius 2 is 2.00 bits per heavy atom. The molecule has 0 radical (unpaired) electrons. The molecular weight excluding hydrogens is 268 g/mol. The van der Waals surface area contributed by atoms with E-state index in [1.807, 2.05) is 30.3 Å². The first kappa shape index (κ1) is 9.85. The number of rotatable bonds is 3. The standard InChI is InChI=1S/C9H10O2.H2Te/c1-2-4-8(5-3-1)10-6-9-7-11-9;/h1-5,9H,6-7H2;1H2. The van der Waals surface area contributed by atoms with Gasteiger partial charge in [0.15, 0.2) is 0 Å². The van der Waals surface area contributed by atoms with Gasteiger partial charge in [-0.15, -0.1) is 0 Å². The van der Waals surface area contributed by atoms with E-state index in [1.54, 1.807) is 0 Å². The van der Waals surface area contributed by atoms with Crippen molar-refractivity contribution < 1.29 is 9.47 Å². The summed E-state index contributed by atoms with van der Waals surface area (Å²) in [5.41, 5.74) is 0. The van der Waals surface area contributed by atoms with Crippen molar-refractivity contribution in [1.82, 2.24) is 0 Å². The summed E-state index contributed by atoms with van der Waals surface area (Å²) in [7, 11) is 0. The Kier molecular flexibility index (Phi) is 3.87. The quantitative estimate of drug-likeness (QED) is 0.595. The first-order valence-electron chi connectivity index (χ1n) is 3.74. The van der Waals surface area contributed by atoms with Crippen molar-refractivity contribution in [2.45, 2.75) is 6.10 Å². The topological polar surface area (TPSA) is 21.8 Å². The second kappa shape index (κ2) is 4.71. The molecule has 1 aliphatic heterocycles. The van der Waals surface area contributed by atoms with Gasteiger partial charge in [-0.1, -0.05) is 18.2 Å². The van der Waals surface area contributed by atoms with Gasteiger partial charge >= 0.3 is 23.7 Å². The van der Waals surface area contributed by atoms with Crippen LogP contribution in [0.4, 0.5) is 0 Å². The number of ether oxygens (including phenoxy) is 2. The van der Waals surface area contributed by atoms with Crippen molar-refractivity contribution in [2.75, 3.05) is 13.2 Å². The Morgan fingerprint density at radius 1 is 1.33 bits per heavy atom. The van der Waals surface area contributed by atoms with E-state index >= 15 is 0 Å². The molecule has 1 aliphatic rings. The largest absolute Gasteiger partial charge is 0.491 e. The molecule has 0 amide bonds. The van der Waals surface area contributed by atoms with Crippen molar-refractivity contribution >= 4 is 23.7 Å². The van der Waals surface area contributed by atoms with Gasteiger partial charge in [-0.25, -0.2) is 0 Å². The number of benzene rings is 1. The maximum Gasteiger partial charge on any atom is 0.119 e. The van der Waals surface area contributed by atoms with Crippen LogP contribution >= 0.6 is 0 Å². The summed E-state index contributed by atoms with van der Waals surface area (Å²) < 4.78 is 10.4. The van der Waals surface area contributed by atoms with Crippen molar-refractivity contribution in [2.24, 2.45) is 0 Å². The molecule has 12 heavy (non-hydrogen) atoms. The molecule has 0 spiro atoms. The maximum atomic E-state index is 5.40. The Balaban J connectivity index is 0.000000720. The third kappa shape index (κ3) is 3.02. The third-order valence-electron chi connectivity index (χ3n) is 1.58. The normalized spacial score (nSPS) is 19.5. The second-order valence-electron chi connectivity index (χ2n) is 2.58. The molecule has 1 fully saturated rings. The zero-order valence-electron chi connectivity index (χ0n) is 6.69. The van der Waals surface area contributed by atoms with Crippen LogP contribution < -0.4 is 4.74 Å². The molecule has 2 rings (SSSR count). The number of hydrogen-bond acceptors (Lipinski definition) is 2. The predicted molar refractivity (Wildman–Crippen MR) is 50.2 cm³/mol. The van der Waals surface area contributed by atoms with E-state index < -0.39 is 0 Å². The molecule has 2 nitrogen and oxygen atoms in total. The smallest absolute Gasteiger partial charge is 0.119 e. The van der Waals surface area contributed by atoms with E-state index in [0.29, 0.717) is 12.7 Å². The average Bonchev–Trinajstić information content (AvgIpc) is 2.86. The van der Waals surface area contributed by atoms with Gasteiger partial charge in [0.25, 0.3) is 0 Å². The summed E-state index contributed by atoms with van der Waals surface area (Å²) in [6, 6.07) is 9.79. The fraction of sp³-hybridized carbons (Fsp3) is 0.333. The van der Waals surface area contributed by atoms with Gasteiger partial charge in [-0.05, 0) is 12.1 Å². The fourth-order valence-corrected chi connectivity index (χ4v) is 0.870.